The van der Waals surface area contributed by atoms with E-state index in [-0.39, 0.29) is 21.7 Å². The van der Waals surface area contributed by atoms with Crippen molar-refractivity contribution in [1.82, 2.24) is 0 Å². The average Bonchev–Trinajstić information content (AvgIpc) is 3.32. The Hall–Kier alpha value is -6.44. The first-order chi connectivity index (χ1) is 30.1. The summed E-state index contributed by atoms with van der Waals surface area (Å²) in [7, 11) is 0. The van der Waals surface area contributed by atoms with Crippen LogP contribution in [-0.2, 0) is 0 Å². The van der Waals surface area contributed by atoms with Crippen LogP contribution in [0.4, 0.5) is 34.6 Å². The average molecular weight is 804 g/mol. The summed E-state index contributed by atoms with van der Waals surface area (Å²) >= 11 is 2.73. The number of halogens is 5. The van der Waals surface area contributed by atoms with Gasteiger partial charge in [0.2, 0.25) is 0 Å². The van der Waals surface area contributed by atoms with Gasteiger partial charge in [0.1, 0.15) is 23.3 Å². The van der Waals surface area contributed by atoms with Gasteiger partial charge in [-0.15, -0.1) is 0 Å². The molecule has 0 amide bonds. The van der Waals surface area contributed by atoms with Crippen molar-refractivity contribution in [3.63, 3.8) is 0 Å². The lowest BCUT2D eigenvalue weighted by molar-refractivity contribution is 0.621. The normalized spacial score (nSPS) is 12.4. The van der Waals surface area contributed by atoms with Gasteiger partial charge in [-0.05, 0) is 97.7 Å². The van der Waals surface area contributed by atoms with E-state index >= 15 is 4.39 Å². The van der Waals surface area contributed by atoms with Gasteiger partial charge in [-0.1, -0.05) is 145 Å². The molecule has 7 heteroatoms. The Labute approximate surface area is 338 Å². The zero-order valence-electron chi connectivity index (χ0n) is 36.8. The molecule has 0 aliphatic rings. The minimum absolute atomic E-state index is 0.0742. The van der Waals surface area contributed by atoms with E-state index in [0.717, 1.165) is 27.8 Å². The van der Waals surface area contributed by atoms with E-state index in [1.807, 2.05) is 103 Å². The molecule has 0 saturated carbocycles. The zero-order valence-corrected chi connectivity index (χ0v) is 30.4. The fraction of sp³-hybridized carbons (Fsp3) is 0. The number of nitrogens with one attached hydrogen (secondary N) is 1. The molecule has 0 aliphatic heterocycles. The molecule has 0 fully saturated rings. The van der Waals surface area contributed by atoms with Gasteiger partial charge >= 0.3 is 0 Å². The fourth-order valence-electron chi connectivity index (χ4n) is 5.44. The molecule has 0 unspecified atom stereocenters. The van der Waals surface area contributed by atoms with Crippen LogP contribution in [0.15, 0.2) is 198 Å². The van der Waals surface area contributed by atoms with Crippen molar-refractivity contribution >= 4 is 33.0 Å². The van der Waals surface area contributed by atoms with Crippen molar-refractivity contribution in [1.29, 1.82) is 0 Å². The molecule has 0 bridgehead atoms. The van der Waals surface area contributed by atoms with Crippen molar-refractivity contribution in [3.8, 4) is 44.5 Å². The molecule has 2 nitrogen and oxygen atoms in total. The lowest BCUT2D eigenvalue weighted by atomic mass is 9.96. The summed E-state index contributed by atoms with van der Waals surface area (Å²) < 4.78 is 116. The van der Waals surface area contributed by atoms with Crippen LogP contribution in [0.5, 0.6) is 0 Å². The van der Waals surface area contributed by atoms with Crippen LogP contribution >= 0.6 is 15.9 Å². The number of para-hydroxylation sites is 1. The highest BCUT2D eigenvalue weighted by molar-refractivity contribution is 9.10. The molecule has 0 aromatic heterocycles. The summed E-state index contributed by atoms with van der Waals surface area (Å²) in [5, 5.41) is 2.60. The second kappa shape index (κ2) is 18.5. The number of rotatable bonds is 6. The third-order valence-electron chi connectivity index (χ3n) is 8.10. The van der Waals surface area contributed by atoms with Gasteiger partial charge in [0.05, 0.1) is 32.5 Å². The van der Waals surface area contributed by atoms with Gasteiger partial charge in [0.25, 0.3) is 0 Å². The molecule has 0 atom stereocenters. The number of nitrogen functional groups attached to an aromatic ring is 1. The van der Waals surface area contributed by atoms with Gasteiger partial charge in [0, 0.05) is 11.1 Å². The second-order valence-corrected chi connectivity index (χ2v) is 12.5. The van der Waals surface area contributed by atoms with Crippen LogP contribution < -0.4 is 11.1 Å². The summed E-state index contributed by atoms with van der Waals surface area (Å²) in [4.78, 5) is 0. The van der Waals surface area contributed by atoms with Crippen molar-refractivity contribution in [2.75, 3.05) is 11.1 Å². The minimum atomic E-state index is -1.17. The number of hydrogen-bond acceptors (Lipinski definition) is 2. The van der Waals surface area contributed by atoms with E-state index in [4.69, 9.17) is 16.7 Å². The molecule has 0 radical (unpaired) electrons. The standard InChI is InChI=1S/C24H17F2N.C18H14FN.C6H4BrF/c25-21-13-7-8-14-23(21)27-24-20(18-11-5-2-6-12-18)15-19(16-22(24)26)17-9-3-1-4-10-17;19-17-12-15(13-7-3-1-4-8-13)11-16(18(17)20)14-9-5-2-6-10-14;7-5-3-1-2-4-6(5)8/h1-16,27H;1-12H,20H2;1-4H/i7D,8D,13D,14D;;1D,2D,3D,4D. The molecule has 8 aromatic carbocycles. The van der Waals surface area contributed by atoms with E-state index in [1.54, 1.807) is 30.3 Å². The van der Waals surface area contributed by atoms with Crippen molar-refractivity contribution in [2.24, 2.45) is 0 Å². The smallest absolute Gasteiger partial charge is 0.147 e. The maximum absolute atomic E-state index is 15.3. The summed E-state index contributed by atoms with van der Waals surface area (Å²) in [5.41, 5.74) is 11.5. The molecule has 272 valence electrons. The van der Waals surface area contributed by atoms with Crippen LogP contribution in [-0.4, -0.2) is 0 Å². The largest absolute Gasteiger partial charge is 0.396 e. The predicted octanol–water partition coefficient (Wildman–Crippen LogP) is 14.4. The number of hydrogen-bond donors (Lipinski definition) is 2. The maximum atomic E-state index is 15.3. The number of benzene rings is 8. The Morgan fingerprint density at radius 1 is 0.436 bits per heavy atom. The Morgan fingerprint density at radius 3 is 1.40 bits per heavy atom. The number of anilines is 3. The van der Waals surface area contributed by atoms with Crippen molar-refractivity contribution < 1.29 is 28.5 Å². The molecule has 0 spiro atoms. The van der Waals surface area contributed by atoms with Gasteiger partial charge in [-0.2, -0.15) is 0 Å². The van der Waals surface area contributed by atoms with Crippen LogP contribution in [0.25, 0.3) is 44.5 Å². The molecule has 0 aliphatic carbocycles. The first-order valence-electron chi connectivity index (χ1n) is 20.7. The molecule has 8 aromatic rings. The zero-order chi connectivity index (χ0) is 45.5. The molecular weight excluding hydrogens is 760 g/mol. The molecule has 0 heterocycles. The highest BCUT2D eigenvalue weighted by Crippen LogP contribution is 2.37. The highest BCUT2D eigenvalue weighted by Gasteiger charge is 2.16. The van der Waals surface area contributed by atoms with Crippen LogP contribution in [0.3, 0.4) is 0 Å². The quantitative estimate of drug-likeness (QED) is 0.130. The lowest BCUT2D eigenvalue weighted by Gasteiger charge is -2.16. The molecular formula is C48H35BrF4N2. The van der Waals surface area contributed by atoms with Crippen LogP contribution in [0, 0.1) is 23.3 Å². The summed E-state index contributed by atoms with van der Waals surface area (Å²) in [6.07, 6.45) is 0. The SMILES string of the molecule is Nc1c(F)cc(-c2ccccc2)cc1-c1ccccc1.[2H]c1c([2H])c([2H])c(Br)c(F)c1[2H].[2H]c1c([2H])c([2H])c(Nc2c(F)cc(-c3ccccc3)cc2-c2ccccc2)c(F)c1[2H]. The monoisotopic (exact) mass is 802 g/mol. The van der Waals surface area contributed by atoms with E-state index in [9.17, 15) is 13.2 Å². The van der Waals surface area contributed by atoms with Gasteiger partial charge < -0.3 is 11.1 Å². The van der Waals surface area contributed by atoms with E-state index in [1.165, 1.54) is 12.1 Å². The Balaban J connectivity index is 0.000000176. The lowest BCUT2D eigenvalue weighted by Crippen LogP contribution is -2.00. The first-order valence-corrected chi connectivity index (χ1v) is 17.5. The van der Waals surface area contributed by atoms with E-state index in [2.05, 4.69) is 21.2 Å². The third-order valence-corrected chi connectivity index (χ3v) is 8.64. The topological polar surface area (TPSA) is 38.0 Å². The van der Waals surface area contributed by atoms with Crippen LogP contribution in [0.2, 0.25) is 0 Å². The summed E-state index contributed by atoms with van der Waals surface area (Å²) in [6, 6.07) is 39.3. The van der Waals surface area contributed by atoms with Crippen LogP contribution in [0.1, 0.15) is 11.0 Å². The molecule has 3 N–H and O–H groups in total. The second-order valence-electron chi connectivity index (χ2n) is 11.7. The Bertz CT molecular complexity index is 2780. The maximum Gasteiger partial charge on any atom is 0.147 e. The fourth-order valence-corrected chi connectivity index (χ4v) is 5.64. The predicted molar refractivity (Wildman–Crippen MR) is 223 cm³/mol. The van der Waals surface area contributed by atoms with Crippen molar-refractivity contribution in [3.05, 3.63) is 222 Å². The van der Waals surface area contributed by atoms with E-state index in [0.29, 0.717) is 16.7 Å². The van der Waals surface area contributed by atoms with Crippen molar-refractivity contribution in [2.45, 2.75) is 0 Å². The van der Waals surface area contributed by atoms with E-state index < -0.39 is 71.5 Å². The Kier molecular flexibility index (Phi) is 9.77. The summed E-state index contributed by atoms with van der Waals surface area (Å²) in [6.45, 7) is 0. The van der Waals surface area contributed by atoms with Gasteiger partial charge in [0.15, 0.2) is 0 Å². The number of nitrogens with two attached hydrogens (primary N) is 1. The third kappa shape index (κ3) is 9.96. The molecule has 8 rings (SSSR count). The highest BCUT2D eigenvalue weighted by atomic mass is 79.9. The first kappa shape index (κ1) is 29.0. The Morgan fingerprint density at radius 2 is 0.855 bits per heavy atom. The molecule has 0 saturated heterocycles. The molecule has 55 heavy (non-hydrogen) atoms. The minimum Gasteiger partial charge on any atom is -0.396 e. The summed E-state index contributed by atoms with van der Waals surface area (Å²) in [5.74, 6) is -3.19. The van der Waals surface area contributed by atoms with Gasteiger partial charge in [-0.25, -0.2) is 17.6 Å². The van der Waals surface area contributed by atoms with Gasteiger partial charge in [-0.3, -0.25) is 0 Å².